The summed E-state index contributed by atoms with van der Waals surface area (Å²) in [5, 5.41) is 5.05. The Kier molecular flexibility index (Phi) is 5.37. The molecule has 1 heterocycles. The number of hydrogen-bond donors (Lipinski definition) is 3. The number of Topliss-reactive ketones (excluding diaryl/α,β-unsaturated/α-hetero) is 1. The number of aldehydes is 1. The van der Waals surface area contributed by atoms with Crippen LogP contribution in [0.2, 0.25) is 0 Å². The standard InChI is InChI=1S/C15H20N4O4S/c1-10(13-7-19(2)8-14(13)15(21)9-20)17-18-11-3-5-12(6-4-11)24(16,22)23/h3-6,9,14,17-18H,7-8H2,1-2H3,(H2,16,22,23). The molecule has 1 aliphatic heterocycles. The van der Waals surface area contributed by atoms with Gasteiger partial charge in [0, 0.05) is 18.8 Å². The normalized spacial score (nSPS) is 20.5. The lowest BCUT2D eigenvalue weighted by Gasteiger charge is -2.15. The van der Waals surface area contributed by atoms with Crippen molar-refractivity contribution in [1.82, 2.24) is 10.3 Å². The lowest BCUT2D eigenvalue weighted by Crippen LogP contribution is -2.25. The van der Waals surface area contributed by atoms with E-state index in [-0.39, 0.29) is 4.90 Å². The number of carbonyl (C=O) groups is 2. The molecule has 2 rings (SSSR count). The molecule has 0 bridgehead atoms. The first-order valence-corrected chi connectivity index (χ1v) is 8.79. The van der Waals surface area contributed by atoms with Crippen molar-refractivity contribution in [3.05, 3.63) is 35.5 Å². The van der Waals surface area contributed by atoms with Gasteiger partial charge < -0.3 is 15.8 Å². The number of carbonyl (C=O) groups excluding carboxylic acids is 2. The number of anilines is 1. The van der Waals surface area contributed by atoms with Crippen LogP contribution in [0.5, 0.6) is 0 Å². The molecule has 0 amide bonds. The molecule has 130 valence electrons. The quantitative estimate of drug-likeness (QED) is 0.370. The van der Waals surface area contributed by atoms with Gasteiger partial charge in [-0.25, -0.2) is 13.6 Å². The molecule has 0 radical (unpaired) electrons. The van der Waals surface area contributed by atoms with Gasteiger partial charge in [-0.1, -0.05) is 0 Å². The van der Waals surface area contributed by atoms with Crippen molar-refractivity contribution in [3.63, 3.8) is 0 Å². The van der Waals surface area contributed by atoms with Gasteiger partial charge in [-0.2, -0.15) is 0 Å². The maximum atomic E-state index is 11.7. The maximum Gasteiger partial charge on any atom is 0.238 e. The smallest absolute Gasteiger partial charge is 0.238 e. The van der Waals surface area contributed by atoms with E-state index in [0.29, 0.717) is 25.1 Å². The molecule has 1 aromatic rings. The zero-order chi connectivity index (χ0) is 17.9. The molecule has 1 fully saturated rings. The molecular formula is C15H20N4O4S. The van der Waals surface area contributed by atoms with Crippen molar-refractivity contribution in [2.45, 2.75) is 11.8 Å². The van der Waals surface area contributed by atoms with E-state index in [0.717, 1.165) is 11.3 Å². The summed E-state index contributed by atoms with van der Waals surface area (Å²) in [7, 11) is -1.84. The highest BCUT2D eigenvalue weighted by Gasteiger charge is 2.32. The Morgan fingerprint density at radius 3 is 2.50 bits per heavy atom. The van der Waals surface area contributed by atoms with Gasteiger partial charge in [0.05, 0.1) is 16.5 Å². The second kappa shape index (κ2) is 7.12. The van der Waals surface area contributed by atoms with Gasteiger partial charge in [0.1, 0.15) is 0 Å². The number of hydrogen-bond acceptors (Lipinski definition) is 7. The zero-order valence-corrected chi connectivity index (χ0v) is 14.3. The highest BCUT2D eigenvalue weighted by molar-refractivity contribution is 7.89. The van der Waals surface area contributed by atoms with E-state index in [1.54, 1.807) is 12.1 Å². The van der Waals surface area contributed by atoms with Gasteiger partial charge in [0.15, 0.2) is 6.29 Å². The average molecular weight is 352 g/mol. The molecule has 9 heteroatoms. The fourth-order valence-electron chi connectivity index (χ4n) is 2.59. The molecule has 24 heavy (non-hydrogen) atoms. The summed E-state index contributed by atoms with van der Waals surface area (Å²) in [5.41, 5.74) is 8.14. The Morgan fingerprint density at radius 1 is 1.33 bits per heavy atom. The average Bonchev–Trinajstić information content (AvgIpc) is 2.93. The summed E-state index contributed by atoms with van der Waals surface area (Å²) in [6.45, 7) is 2.91. The van der Waals surface area contributed by atoms with Crippen LogP contribution in [0.4, 0.5) is 5.69 Å². The minimum Gasteiger partial charge on any atom is -0.305 e. The van der Waals surface area contributed by atoms with Crippen LogP contribution >= 0.6 is 0 Å². The second-order valence-electron chi connectivity index (χ2n) is 5.74. The van der Waals surface area contributed by atoms with Crippen molar-refractivity contribution in [2.24, 2.45) is 11.1 Å². The van der Waals surface area contributed by atoms with Crippen LogP contribution < -0.4 is 16.0 Å². The van der Waals surface area contributed by atoms with Crippen LogP contribution in [0.15, 0.2) is 40.4 Å². The van der Waals surface area contributed by atoms with E-state index < -0.39 is 21.7 Å². The van der Waals surface area contributed by atoms with Gasteiger partial charge in [-0.3, -0.25) is 9.59 Å². The van der Waals surface area contributed by atoms with Crippen molar-refractivity contribution >= 4 is 27.8 Å². The molecule has 1 aromatic carbocycles. The van der Waals surface area contributed by atoms with Crippen molar-refractivity contribution in [2.75, 3.05) is 25.6 Å². The fourth-order valence-corrected chi connectivity index (χ4v) is 3.10. The van der Waals surface area contributed by atoms with Crippen molar-refractivity contribution < 1.29 is 18.0 Å². The molecule has 0 aromatic heterocycles. The number of nitrogens with one attached hydrogen (secondary N) is 2. The third-order valence-electron chi connectivity index (χ3n) is 3.87. The maximum absolute atomic E-state index is 11.7. The van der Waals surface area contributed by atoms with Crippen LogP contribution in [-0.4, -0.2) is 45.5 Å². The summed E-state index contributed by atoms with van der Waals surface area (Å²) in [5.74, 6) is -0.875. The summed E-state index contributed by atoms with van der Waals surface area (Å²) in [6.07, 6.45) is 0.358. The molecule has 0 spiro atoms. The minimum absolute atomic E-state index is 0.0252. The van der Waals surface area contributed by atoms with E-state index in [1.165, 1.54) is 12.1 Å². The number of likely N-dealkylation sites (tertiary alicyclic amines) is 1. The molecule has 1 aliphatic rings. The molecular weight excluding hydrogens is 332 g/mol. The Morgan fingerprint density at radius 2 is 1.96 bits per heavy atom. The van der Waals surface area contributed by atoms with E-state index >= 15 is 0 Å². The number of primary sulfonamides is 1. The SMILES string of the molecule is CC(NNc1ccc(S(N)(=O)=O)cc1)=C1CN(C)CC1C(=O)C=O. The van der Waals surface area contributed by atoms with E-state index in [9.17, 15) is 18.0 Å². The van der Waals surface area contributed by atoms with E-state index in [4.69, 9.17) is 5.14 Å². The predicted molar refractivity (Wildman–Crippen MR) is 89.3 cm³/mol. The van der Waals surface area contributed by atoms with Crippen LogP contribution in [0.1, 0.15) is 6.92 Å². The number of ketones is 1. The Labute approximate surface area is 140 Å². The van der Waals surface area contributed by atoms with Gasteiger partial charge in [0.25, 0.3) is 0 Å². The Bertz CT molecular complexity index is 771. The number of rotatable bonds is 6. The molecule has 1 atom stereocenters. The number of sulfonamides is 1. The topological polar surface area (TPSA) is 122 Å². The summed E-state index contributed by atoms with van der Waals surface area (Å²) in [4.78, 5) is 24.5. The minimum atomic E-state index is -3.72. The Balaban J connectivity index is 2.10. The molecule has 0 saturated carbocycles. The van der Waals surface area contributed by atoms with E-state index in [1.807, 2.05) is 18.9 Å². The number of likely N-dealkylation sites (N-methyl/N-ethyl adjacent to an activating group) is 1. The van der Waals surface area contributed by atoms with Gasteiger partial charge >= 0.3 is 0 Å². The van der Waals surface area contributed by atoms with Crippen LogP contribution in [0.3, 0.4) is 0 Å². The highest BCUT2D eigenvalue weighted by atomic mass is 32.2. The third kappa shape index (κ3) is 4.19. The third-order valence-corrected chi connectivity index (χ3v) is 4.80. The van der Waals surface area contributed by atoms with Gasteiger partial charge in [-0.05, 0) is 43.8 Å². The second-order valence-corrected chi connectivity index (χ2v) is 7.30. The monoisotopic (exact) mass is 352 g/mol. The number of nitrogens with zero attached hydrogens (tertiary/aromatic N) is 1. The Hall–Kier alpha value is -2.23. The number of hydrazine groups is 1. The van der Waals surface area contributed by atoms with Gasteiger partial charge in [-0.15, -0.1) is 0 Å². The first-order chi connectivity index (χ1) is 11.2. The lowest BCUT2D eigenvalue weighted by molar-refractivity contribution is -0.131. The van der Waals surface area contributed by atoms with Crippen LogP contribution in [0, 0.1) is 5.92 Å². The number of allylic oxidation sites excluding steroid dienone is 1. The molecule has 8 nitrogen and oxygen atoms in total. The first-order valence-electron chi connectivity index (χ1n) is 7.24. The number of nitrogens with two attached hydrogens (primary N) is 1. The summed E-state index contributed by atoms with van der Waals surface area (Å²) in [6, 6.07) is 5.92. The van der Waals surface area contributed by atoms with Gasteiger partial charge in [0.2, 0.25) is 15.8 Å². The molecule has 0 aliphatic carbocycles. The number of benzene rings is 1. The summed E-state index contributed by atoms with van der Waals surface area (Å²) < 4.78 is 22.4. The zero-order valence-electron chi connectivity index (χ0n) is 13.4. The lowest BCUT2D eigenvalue weighted by atomic mass is 9.97. The molecule has 4 N–H and O–H groups in total. The van der Waals surface area contributed by atoms with Crippen molar-refractivity contribution in [1.29, 1.82) is 0 Å². The predicted octanol–water partition coefficient (Wildman–Crippen LogP) is -0.146. The summed E-state index contributed by atoms with van der Waals surface area (Å²) >= 11 is 0. The van der Waals surface area contributed by atoms with Crippen molar-refractivity contribution in [3.8, 4) is 0 Å². The van der Waals surface area contributed by atoms with Crippen LogP contribution in [0.25, 0.3) is 0 Å². The molecule has 1 saturated heterocycles. The van der Waals surface area contributed by atoms with E-state index in [2.05, 4.69) is 10.9 Å². The highest BCUT2D eigenvalue weighted by Crippen LogP contribution is 2.24. The van der Waals surface area contributed by atoms with Crippen LogP contribution in [-0.2, 0) is 19.6 Å². The fraction of sp³-hybridized carbons (Fsp3) is 0.333. The molecule has 1 unspecified atom stereocenters. The largest absolute Gasteiger partial charge is 0.305 e. The first kappa shape index (κ1) is 18.1.